The molecule has 0 heterocycles. The van der Waals surface area contributed by atoms with Gasteiger partial charge in [-0.3, -0.25) is 9.52 Å². The van der Waals surface area contributed by atoms with Crippen molar-refractivity contribution in [1.29, 1.82) is 0 Å². The van der Waals surface area contributed by atoms with Gasteiger partial charge in [0.2, 0.25) is 5.91 Å². The van der Waals surface area contributed by atoms with Gasteiger partial charge in [-0.2, -0.15) is 0 Å². The van der Waals surface area contributed by atoms with Crippen LogP contribution in [-0.2, 0) is 14.8 Å². The summed E-state index contributed by atoms with van der Waals surface area (Å²) in [6.45, 7) is 5.00. The van der Waals surface area contributed by atoms with Gasteiger partial charge in [0.05, 0.1) is 0 Å². The Morgan fingerprint density at radius 1 is 1.57 bits per heavy atom. The number of alkyl halides is 1. The van der Waals surface area contributed by atoms with Crippen molar-refractivity contribution in [2.45, 2.75) is 31.4 Å². The summed E-state index contributed by atoms with van der Waals surface area (Å²) in [5, 5.41) is 0. The average molecular weight is 240 g/mol. The van der Waals surface area contributed by atoms with Gasteiger partial charge in [0.1, 0.15) is 0 Å². The van der Waals surface area contributed by atoms with Gasteiger partial charge >= 0.3 is 0 Å². The second-order valence-electron chi connectivity index (χ2n) is 4.02. The van der Waals surface area contributed by atoms with E-state index in [1.54, 1.807) is 20.8 Å². The number of nitrogens with one attached hydrogen (secondary N) is 1. The zero-order valence-electron chi connectivity index (χ0n) is 8.37. The van der Waals surface area contributed by atoms with Gasteiger partial charge < -0.3 is 0 Å². The van der Waals surface area contributed by atoms with E-state index in [-0.39, 0.29) is 11.8 Å². The lowest BCUT2D eigenvalue weighted by atomic mass is 10.2. The number of hydrogen-bond acceptors (Lipinski definition) is 3. The molecule has 2 unspecified atom stereocenters. The number of carbonyl (C=O) groups excluding carboxylic acids is 1. The fourth-order valence-electron chi connectivity index (χ4n) is 1.07. The predicted molar refractivity (Wildman–Crippen MR) is 54.3 cm³/mol. The monoisotopic (exact) mass is 239 g/mol. The van der Waals surface area contributed by atoms with E-state index in [2.05, 4.69) is 0 Å². The molecule has 0 spiro atoms. The van der Waals surface area contributed by atoms with Gasteiger partial charge in [-0.25, -0.2) is 8.42 Å². The summed E-state index contributed by atoms with van der Waals surface area (Å²) in [5.41, 5.74) is 0. The van der Waals surface area contributed by atoms with Crippen LogP contribution in [0.4, 0.5) is 0 Å². The zero-order valence-corrected chi connectivity index (χ0v) is 9.95. The summed E-state index contributed by atoms with van der Waals surface area (Å²) in [7, 11) is -3.71. The molecule has 1 N–H and O–H groups in total. The Bertz CT molecular complexity index is 352. The Balaban J connectivity index is 2.75. The van der Waals surface area contributed by atoms with Gasteiger partial charge in [0, 0.05) is 5.92 Å². The van der Waals surface area contributed by atoms with Crippen LogP contribution < -0.4 is 4.72 Å². The molecule has 0 aromatic carbocycles. The van der Waals surface area contributed by atoms with Crippen molar-refractivity contribution in [3.05, 3.63) is 0 Å². The van der Waals surface area contributed by atoms with Crippen LogP contribution in [0.3, 0.4) is 0 Å². The van der Waals surface area contributed by atoms with Crippen molar-refractivity contribution >= 4 is 27.5 Å². The van der Waals surface area contributed by atoms with Crippen LogP contribution in [0.15, 0.2) is 0 Å². The smallest absolute Gasteiger partial charge is 0.255 e. The molecule has 1 fully saturated rings. The molecule has 2 atom stereocenters. The van der Waals surface area contributed by atoms with E-state index in [1.807, 2.05) is 4.72 Å². The highest BCUT2D eigenvalue weighted by Gasteiger charge is 2.61. The molecule has 0 saturated heterocycles. The summed E-state index contributed by atoms with van der Waals surface area (Å²) in [4.78, 5) is 11.2. The van der Waals surface area contributed by atoms with Crippen molar-refractivity contribution in [2.75, 3.05) is 0 Å². The first-order valence-corrected chi connectivity index (χ1v) is 6.32. The van der Waals surface area contributed by atoms with Crippen molar-refractivity contribution < 1.29 is 13.2 Å². The minimum atomic E-state index is -3.71. The molecule has 0 aromatic rings. The topological polar surface area (TPSA) is 63.2 Å². The third-order valence-corrected chi connectivity index (χ3v) is 5.44. The SMILES string of the molecule is CC(C)C(=O)NS(=O)(=O)C1(Cl)CC1C. The number of halogens is 1. The van der Waals surface area contributed by atoms with Crippen LogP contribution >= 0.6 is 11.6 Å². The molecule has 0 aromatic heterocycles. The minimum Gasteiger partial charge on any atom is -0.274 e. The van der Waals surface area contributed by atoms with Crippen molar-refractivity contribution in [3.63, 3.8) is 0 Å². The van der Waals surface area contributed by atoms with Gasteiger partial charge in [-0.05, 0) is 12.3 Å². The van der Waals surface area contributed by atoms with Crippen molar-refractivity contribution in [2.24, 2.45) is 11.8 Å². The second-order valence-corrected chi connectivity index (χ2v) is 6.85. The molecule has 4 nitrogen and oxygen atoms in total. The Hall–Kier alpha value is -0.290. The standard InChI is InChI=1S/C8H14ClNO3S/c1-5(2)7(11)10-14(12,13)8(9)4-6(8)3/h5-6H,4H2,1-3H3,(H,10,11). The first kappa shape index (κ1) is 11.8. The molecule has 1 rings (SSSR count). The lowest BCUT2D eigenvalue weighted by molar-refractivity contribution is -0.122. The number of carbonyl (C=O) groups is 1. The first-order chi connectivity index (χ1) is 6.21. The third kappa shape index (κ3) is 1.88. The van der Waals surface area contributed by atoms with Crippen molar-refractivity contribution in [1.82, 2.24) is 4.72 Å². The molecule has 1 amide bonds. The van der Waals surface area contributed by atoms with E-state index in [0.29, 0.717) is 6.42 Å². The van der Waals surface area contributed by atoms with E-state index in [0.717, 1.165) is 0 Å². The molecule has 1 saturated carbocycles. The molecular weight excluding hydrogens is 226 g/mol. The largest absolute Gasteiger partial charge is 0.274 e. The molecule has 0 aliphatic heterocycles. The van der Waals surface area contributed by atoms with Crippen LogP contribution in [0, 0.1) is 11.8 Å². The highest BCUT2D eigenvalue weighted by Crippen LogP contribution is 2.52. The van der Waals surface area contributed by atoms with E-state index in [4.69, 9.17) is 11.6 Å². The number of amides is 1. The maximum atomic E-state index is 11.6. The normalized spacial score (nSPS) is 31.6. The predicted octanol–water partition coefficient (Wildman–Crippen LogP) is 1.06. The van der Waals surface area contributed by atoms with Crippen LogP contribution in [0.25, 0.3) is 0 Å². The molecule has 1 aliphatic rings. The minimum absolute atomic E-state index is 0.0957. The van der Waals surface area contributed by atoms with E-state index in [1.165, 1.54) is 0 Å². The Morgan fingerprint density at radius 2 is 2.00 bits per heavy atom. The molecule has 6 heteroatoms. The molecule has 82 valence electrons. The number of sulfonamides is 1. The summed E-state index contributed by atoms with van der Waals surface area (Å²) < 4.78 is 23.9. The van der Waals surface area contributed by atoms with Gasteiger partial charge in [0.15, 0.2) is 4.21 Å². The summed E-state index contributed by atoms with van der Waals surface area (Å²) in [6, 6.07) is 0. The lowest BCUT2D eigenvalue weighted by Crippen LogP contribution is -2.40. The molecule has 1 aliphatic carbocycles. The number of rotatable bonds is 3. The summed E-state index contributed by atoms with van der Waals surface area (Å²) in [6.07, 6.45) is 0.398. The quantitative estimate of drug-likeness (QED) is 0.750. The maximum absolute atomic E-state index is 11.6. The maximum Gasteiger partial charge on any atom is 0.255 e. The van der Waals surface area contributed by atoms with Crippen LogP contribution in [-0.4, -0.2) is 18.5 Å². The van der Waals surface area contributed by atoms with Gasteiger partial charge in [-0.1, -0.05) is 32.4 Å². The summed E-state index contributed by atoms with van der Waals surface area (Å²) in [5.74, 6) is -0.968. The first-order valence-electron chi connectivity index (χ1n) is 4.46. The Morgan fingerprint density at radius 3 is 2.29 bits per heavy atom. The van der Waals surface area contributed by atoms with Crippen LogP contribution in [0.5, 0.6) is 0 Å². The molecule has 14 heavy (non-hydrogen) atoms. The van der Waals surface area contributed by atoms with E-state index >= 15 is 0 Å². The summed E-state index contributed by atoms with van der Waals surface area (Å²) >= 11 is 5.83. The Labute approximate surface area is 89.1 Å². The van der Waals surface area contributed by atoms with E-state index in [9.17, 15) is 13.2 Å². The van der Waals surface area contributed by atoms with Crippen molar-refractivity contribution in [3.8, 4) is 0 Å². The van der Waals surface area contributed by atoms with Crippen LogP contribution in [0.2, 0.25) is 0 Å². The van der Waals surface area contributed by atoms with Gasteiger partial charge in [0.25, 0.3) is 10.0 Å². The highest BCUT2D eigenvalue weighted by molar-refractivity contribution is 7.93. The molecule has 0 radical (unpaired) electrons. The average Bonchev–Trinajstić information content (AvgIpc) is 2.60. The lowest BCUT2D eigenvalue weighted by Gasteiger charge is -2.12. The highest BCUT2D eigenvalue weighted by atomic mass is 35.5. The molecule has 0 bridgehead atoms. The Kier molecular flexibility index (Phi) is 2.84. The van der Waals surface area contributed by atoms with E-state index < -0.39 is 20.1 Å². The third-order valence-electron chi connectivity index (χ3n) is 2.37. The second kappa shape index (κ2) is 3.38. The fraction of sp³-hybridized carbons (Fsp3) is 0.875. The fourth-order valence-corrected chi connectivity index (χ4v) is 3.08. The molecular formula is C8H14ClNO3S. The van der Waals surface area contributed by atoms with Gasteiger partial charge in [-0.15, -0.1) is 0 Å². The zero-order chi connectivity index (χ0) is 11.1. The van der Waals surface area contributed by atoms with Crippen LogP contribution in [0.1, 0.15) is 27.2 Å². The number of hydrogen-bond donors (Lipinski definition) is 1.